The second-order valence-corrected chi connectivity index (χ2v) is 5.98. The van der Waals surface area contributed by atoms with Gasteiger partial charge in [-0.15, -0.1) is 0 Å². The second-order valence-electron chi connectivity index (χ2n) is 5.98. The quantitative estimate of drug-likeness (QED) is 0.905. The van der Waals surface area contributed by atoms with Crippen molar-refractivity contribution in [3.63, 3.8) is 0 Å². The highest BCUT2D eigenvalue weighted by atomic mass is 16.3. The number of aryl methyl sites for hydroxylation is 1. The highest BCUT2D eigenvalue weighted by Crippen LogP contribution is 2.16. The van der Waals surface area contributed by atoms with Gasteiger partial charge in [-0.25, -0.2) is 0 Å². The lowest BCUT2D eigenvalue weighted by Gasteiger charge is -2.29. The number of fused-ring (bicyclic) bond motifs is 1. The molecular weight excluding hydrogens is 264 g/mol. The smallest absolute Gasteiger partial charge is 0.256 e. The summed E-state index contributed by atoms with van der Waals surface area (Å²) < 4.78 is 0. The van der Waals surface area contributed by atoms with Gasteiger partial charge >= 0.3 is 0 Å². The lowest BCUT2D eigenvalue weighted by atomic mass is 10.0. The van der Waals surface area contributed by atoms with Crippen LogP contribution >= 0.6 is 0 Å². The second kappa shape index (κ2) is 6.00. The molecule has 0 spiro atoms. The van der Waals surface area contributed by atoms with Gasteiger partial charge in [-0.2, -0.15) is 0 Å². The van der Waals surface area contributed by atoms with E-state index < -0.39 is 0 Å². The van der Waals surface area contributed by atoms with Crippen molar-refractivity contribution < 1.29 is 5.11 Å². The third kappa shape index (κ3) is 3.17. The van der Waals surface area contributed by atoms with Crippen molar-refractivity contribution in [3.05, 3.63) is 45.9 Å². The fourth-order valence-corrected chi connectivity index (χ4v) is 3.05. The van der Waals surface area contributed by atoms with Gasteiger partial charge in [0.1, 0.15) is 0 Å². The molecule has 4 nitrogen and oxygen atoms in total. The topological polar surface area (TPSA) is 56.3 Å². The number of hydrogen-bond donors (Lipinski definition) is 2. The number of aliphatic hydroxyl groups is 1. The Kier molecular flexibility index (Phi) is 4.08. The molecule has 2 N–H and O–H groups in total. The van der Waals surface area contributed by atoms with Crippen molar-refractivity contribution in [1.29, 1.82) is 0 Å². The van der Waals surface area contributed by atoms with E-state index in [1.54, 1.807) is 0 Å². The van der Waals surface area contributed by atoms with Crippen LogP contribution in [0.2, 0.25) is 0 Å². The van der Waals surface area contributed by atoms with Crippen molar-refractivity contribution in [2.75, 3.05) is 19.6 Å². The fourth-order valence-electron chi connectivity index (χ4n) is 3.05. The number of piperidine rings is 1. The molecule has 0 bridgehead atoms. The van der Waals surface area contributed by atoms with Gasteiger partial charge in [0, 0.05) is 37.1 Å². The lowest BCUT2D eigenvalue weighted by Crippen LogP contribution is -2.37. The molecule has 1 saturated heterocycles. The highest BCUT2D eigenvalue weighted by Gasteiger charge is 2.16. The van der Waals surface area contributed by atoms with Gasteiger partial charge in [0.05, 0.1) is 6.10 Å². The monoisotopic (exact) mass is 286 g/mol. The highest BCUT2D eigenvalue weighted by molar-refractivity contribution is 5.84. The molecule has 0 saturated carbocycles. The molecule has 1 aliphatic heterocycles. The minimum atomic E-state index is -0.135. The molecule has 1 fully saturated rings. The summed E-state index contributed by atoms with van der Waals surface area (Å²) in [4.78, 5) is 17.5. The van der Waals surface area contributed by atoms with Crippen LogP contribution in [-0.4, -0.2) is 40.7 Å². The summed E-state index contributed by atoms with van der Waals surface area (Å²) in [6.07, 6.45) is 2.42. The number of rotatable bonds is 3. The first-order valence-electron chi connectivity index (χ1n) is 7.65. The van der Waals surface area contributed by atoms with E-state index in [0.717, 1.165) is 60.9 Å². The molecule has 0 radical (unpaired) electrons. The standard InChI is InChI=1S/C17H22N2O2/c1-12-3-2-4-15-16(12)11-13(18-17(15)21)5-8-19-9-6-14(20)7-10-19/h2-4,11,14,20H,5-10H2,1H3,(H,18,21). The normalized spacial score (nSPS) is 17.4. The van der Waals surface area contributed by atoms with Crippen LogP contribution in [0, 0.1) is 6.92 Å². The van der Waals surface area contributed by atoms with Crippen LogP contribution in [0.5, 0.6) is 0 Å². The number of nitrogens with zero attached hydrogens (tertiary/aromatic N) is 1. The Balaban J connectivity index is 1.75. The van der Waals surface area contributed by atoms with E-state index in [4.69, 9.17) is 0 Å². The van der Waals surface area contributed by atoms with Crippen LogP contribution in [0.4, 0.5) is 0 Å². The van der Waals surface area contributed by atoms with Crippen LogP contribution in [0.25, 0.3) is 10.8 Å². The molecule has 112 valence electrons. The molecule has 2 heterocycles. The molecule has 4 heteroatoms. The largest absolute Gasteiger partial charge is 0.393 e. The number of benzene rings is 1. The third-order valence-electron chi connectivity index (χ3n) is 4.42. The van der Waals surface area contributed by atoms with Crippen LogP contribution in [0.15, 0.2) is 29.1 Å². The first-order valence-corrected chi connectivity index (χ1v) is 7.65. The van der Waals surface area contributed by atoms with Crippen LogP contribution < -0.4 is 5.56 Å². The predicted octanol–water partition coefficient (Wildman–Crippen LogP) is 1.84. The molecule has 3 rings (SSSR count). The van der Waals surface area contributed by atoms with Gasteiger partial charge in [-0.1, -0.05) is 12.1 Å². The van der Waals surface area contributed by atoms with Crippen molar-refractivity contribution in [2.45, 2.75) is 32.3 Å². The van der Waals surface area contributed by atoms with E-state index >= 15 is 0 Å². The molecule has 0 unspecified atom stereocenters. The van der Waals surface area contributed by atoms with E-state index in [2.05, 4.69) is 16.0 Å². The summed E-state index contributed by atoms with van der Waals surface area (Å²) in [5.74, 6) is 0. The molecule has 21 heavy (non-hydrogen) atoms. The molecule has 0 atom stereocenters. The van der Waals surface area contributed by atoms with E-state index in [-0.39, 0.29) is 11.7 Å². The molecule has 1 aromatic carbocycles. The van der Waals surface area contributed by atoms with Gasteiger partial charge in [0.25, 0.3) is 5.56 Å². The predicted molar refractivity (Wildman–Crippen MR) is 84.7 cm³/mol. The zero-order valence-corrected chi connectivity index (χ0v) is 12.4. The van der Waals surface area contributed by atoms with Crippen molar-refractivity contribution >= 4 is 10.8 Å². The number of hydrogen-bond acceptors (Lipinski definition) is 3. The molecule has 2 aromatic rings. The maximum absolute atomic E-state index is 12.1. The summed E-state index contributed by atoms with van der Waals surface area (Å²) in [5, 5.41) is 11.3. The summed E-state index contributed by atoms with van der Waals surface area (Å²) in [6, 6.07) is 7.94. The summed E-state index contributed by atoms with van der Waals surface area (Å²) in [5.41, 5.74) is 2.13. The molecular formula is C17H22N2O2. The van der Waals surface area contributed by atoms with E-state index in [0.29, 0.717) is 0 Å². The molecule has 0 amide bonds. The van der Waals surface area contributed by atoms with E-state index in [1.165, 1.54) is 0 Å². The van der Waals surface area contributed by atoms with Crippen molar-refractivity contribution in [2.24, 2.45) is 0 Å². The van der Waals surface area contributed by atoms with Gasteiger partial charge < -0.3 is 15.0 Å². The fraction of sp³-hybridized carbons (Fsp3) is 0.471. The Hall–Kier alpha value is -1.65. The van der Waals surface area contributed by atoms with Crippen molar-refractivity contribution in [1.82, 2.24) is 9.88 Å². The number of aromatic amines is 1. The number of pyridine rings is 1. The van der Waals surface area contributed by atoms with E-state index in [1.807, 2.05) is 25.1 Å². The number of nitrogens with one attached hydrogen (secondary N) is 1. The Bertz CT molecular complexity index is 685. The van der Waals surface area contributed by atoms with Crippen LogP contribution in [-0.2, 0) is 6.42 Å². The SMILES string of the molecule is Cc1cccc2c(=O)[nH]c(CCN3CCC(O)CC3)cc12. The van der Waals surface area contributed by atoms with Gasteiger partial charge in [0.15, 0.2) is 0 Å². The first-order chi connectivity index (χ1) is 10.1. The number of aliphatic hydroxyl groups excluding tert-OH is 1. The van der Waals surface area contributed by atoms with Gasteiger partial charge in [-0.3, -0.25) is 4.79 Å². The average Bonchev–Trinajstić information content (AvgIpc) is 2.48. The van der Waals surface area contributed by atoms with Crippen LogP contribution in [0.1, 0.15) is 24.1 Å². The molecule has 0 aliphatic carbocycles. The van der Waals surface area contributed by atoms with Gasteiger partial charge in [0.2, 0.25) is 0 Å². The lowest BCUT2D eigenvalue weighted by molar-refractivity contribution is 0.0831. The summed E-state index contributed by atoms with van der Waals surface area (Å²) in [7, 11) is 0. The Morgan fingerprint density at radius 1 is 1.29 bits per heavy atom. The zero-order valence-electron chi connectivity index (χ0n) is 12.4. The van der Waals surface area contributed by atoms with Gasteiger partial charge in [-0.05, 0) is 42.8 Å². The average molecular weight is 286 g/mol. The minimum Gasteiger partial charge on any atom is -0.393 e. The number of likely N-dealkylation sites (tertiary alicyclic amines) is 1. The van der Waals surface area contributed by atoms with Crippen molar-refractivity contribution in [3.8, 4) is 0 Å². The minimum absolute atomic E-state index is 0.000247. The Morgan fingerprint density at radius 2 is 2.05 bits per heavy atom. The Labute approximate surface area is 124 Å². The molecule has 1 aliphatic rings. The number of aromatic nitrogens is 1. The third-order valence-corrected chi connectivity index (χ3v) is 4.42. The first kappa shape index (κ1) is 14.3. The number of H-pyrrole nitrogens is 1. The summed E-state index contributed by atoms with van der Waals surface area (Å²) in [6.45, 7) is 4.85. The van der Waals surface area contributed by atoms with E-state index in [9.17, 15) is 9.90 Å². The zero-order chi connectivity index (χ0) is 14.8. The summed E-state index contributed by atoms with van der Waals surface area (Å²) >= 11 is 0. The molecule has 1 aromatic heterocycles. The maximum atomic E-state index is 12.1. The van der Waals surface area contributed by atoms with Crippen LogP contribution in [0.3, 0.4) is 0 Å². The maximum Gasteiger partial charge on any atom is 0.256 e. The Morgan fingerprint density at radius 3 is 2.81 bits per heavy atom.